The van der Waals surface area contributed by atoms with E-state index in [0.717, 1.165) is 12.1 Å². The molecule has 104 valence electrons. The SMILES string of the molecule is CCOC(=O)NCc1cc[n+](Cc2ccccc2)cc1. The predicted molar refractivity (Wildman–Crippen MR) is 76.0 cm³/mol. The second kappa shape index (κ2) is 7.28. The summed E-state index contributed by atoms with van der Waals surface area (Å²) in [5.74, 6) is 0. The molecule has 0 unspecified atom stereocenters. The summed E-state index contributed by atoms with van der Waals surface area (Å²) in [5.41, 5.74) is 2.30. The summed E-state index contributed by atoms with van der Waals surface area (Å²) in [6.45, 7) is 3.49. The minimum absolute atomic E-state index is 0.381. The molecule has 0 spiro atoms. The van der Waals surface area contributed by atoms with Crippen LogP contribution in [0.25, 0.3) is 0 Å². The van der Waals surface area contributed by atoms with Crippen molar-refractivity contribution in [3.8, 4) is 0 Å². The molecule has 0 saturated heterocycles. The number of pyridine rings is 1. The third kappa shape index (κ3) is 4.39. The second-order valence-corrected chi connectivity index (χ2v) is 4.44. The lowest BCUT2D eigenvalue weighted by molar-refractivity contribution is -0.688. The minimum atomic E-state index is -0.381. The van der Waals surface area contributed by atoms with E-state index < -0.39 is 0 Å². The summed E-state index contributed by atoms with van der Waals surface area (Å²) in [6, 6.07) is 14.3. The van der Waals surface area contributed by atoms with Crippen LogP contribution >= 0.6 is 0 Å². The van der Waals surface area contributed by atoms with Gasteiger partial charge in [0.2, 0.25) is 0 Å². The Kier molecular flexibility index (Phi) is 5.12. The molecule has 4 nitrogen and oxygen atoms in total. The molecule has 20 heavy (non-hydrogen) atoms. The zero-order valence-corrected chi connectivity index (χ0v) is 11.6. The molecule has 1 N–H and O–H groups in total. The highest BCUT2D eigenvalue weighted by Crippen LogP contribution is 1.99. The Labute approximate surface area is 119 Å². The van der Waals surface area contributed by atoms with E-state index in [0.29, 0.717) is 13.2 Å². The van der Waals surface area contributed by atoms with Gasteiger partial charge in [0.15, 0.2) is 18.9 Å². The Morgan fingerprint density at radius 2 is 1.80 bits per heavy atom. The first-order chi connectivity index (χ1) is 9.78. The number of ether oxygens (including phenoxy) is 1. The standard InChI is InChI=1S/C16H18N2O2/c1-2-20-16(19)17-12-14-8-10-18(11-9-14)13-15-6-4-3-5-7-15/h3-11H,2,12-13H2,1H3/p+1. The molecule has 4 heteroatoms. The molecule has 0 fully saturated rings. The maximum absolute atomic E-state index is 11.2. The molecule has 0 aliphatic rings. The lowest BCUT2D eigenvalue weighted by Gasteiger charge is -2.04. The predicted octanol–water partition coefficient (Wildman–Crippen LogP) is 2.27. The summed E-state index contributed by atoms with van der Waals surface area (Å²) in [7, 11) is 0. The molecule has 2 rings (SSSR count). The largest absolute Gasteiger partial charge is 0.450 e. The van der Waals surface area contributed by atoms with E-state index in [1.807, 2.05) is 42.7 Å². The Morgan fingerprint density at radius 3 is 2.45 bits per heavy atom. The third-order valence-electron chi connectivity index (χ3n) is 2.88. The summed E-state index contributed by atoms with van der Waals surface area (Å²) < 4.78 is 6.91. The molecule has 2 aromatic rings. The van der Waals surface area contributed by atoms with Gasteiger partial charge in [-0.1, -0.05) is 30.3 Å². The molecule has 0 aliphatic heterocycles. The highest BCUT2D eigenvalue weighted by Gasteiger charge is 2.04. The average molecular weight is 271 g/mol. The maximum Gasteiger partial charge on any atom is 0.407 e. The number of carbonyl (C=O) groups is 1. The lowest BCUT2D eigenvalue weighted by Crippen LogP contribution is -2.33. The minimum Gasteiger partial charge on any atom is -0.450 e. The zero-order valence-electron chi connectivity index (χ0n) is 11.6. The van der Waals surface area contributed by atoms with Gasteiger partial charge < -0.3 is 10.1 Å². The van der Waals surface area contributed by atoms with Crippen molar-refractivity contribution in [3.05, 3.63) is 66.0 Å². The Balaban J connectivity index is 1.88. The number of hydrogen-bond acceptors (Lipinski definition) is 2. The fourth-order valence-electron chi connectivity index (χ4n) is 1.86. The van der Waals surface area contributed by atoms with Crippen LogP contribution in [0.2, 0.25) is 0 Å². The molecule has 0 radical (unpaired) electrons. The first-order valence-electron chi connectivity index (χ1n) is 6.70. The zero-order chi connectivity index (χ0) is 14.2. The number of hydrogen-bond donors (Lipinski definition) is 1. The van der Waals surface area contributed by atoms with Crippen molar-refractivity contribution >= 4 is 6.09 Å². The van der Waals surface area contributed by atoms with Gasteiger partial charge >= 0.3 is 6.09 Å². The van der Waals surface area contributed by atoms with Gasteiger partial charge in [-0.25, -0.2) is 9.36 Å². The summed E-state index contributed by atoms with van der Waals surface area (Å²) in [4.78, 5) is 11.2. The fraction of sp³-hybridized carbons (Fsp3) is 0.250. The summed E-state index contributed by atoms with van der Waals surface area (Å²) >= 11 is 0. The van der Waals surface area contributed by atoms with Gasteiger partial charge in [0.25, 0.3) is 0 Å². The van der Waals surface area contributed by atoms with Gasteiger partial charge in [-0.05, 0) is 12.5 Å². The van der Waals surface area contributed by atoms with Gasteiger partial charge in [-0.15, -0.1) is 0 Å². The highest BCUT2D eigenvalue weighted by molar-refractivity contribution is 5.67. The molecule has 1 aromatic heterocycles. The summed E-state index contributed by atoms with van der Waals surface area (Å²) in [6.07, 6.45) is 3.64. The quantitative estimate of drug-likeness (QED) is 0.848. The molecular formula is C16H19N2O2+. The average Bonchev–Trinajstić information content (AvgIpc) is 2.48. The van der Waals surface area contributed by atoms with Crippen molar-refractivity contribution in [2.45, 2.75) is 20.0 Å². The van der Waals surface area contributed by atoms with Crippen LogP contribution in [-0.4, -0.2) is 12.7 Å². The van der Waals surface area contributed by atoms with Gasteiger partial charge in [0, 0.05) is 24.2 Å². The van der Waals surface area contributed by atoms with E-state index in [1.54, 1.807) is 6.92 Å². The van der Waals surface area contributed by atoms with E-state index >= 15 is 0 Å². The van der Waals surface area contributed by atoms with Crippen LogP contribution in [0.15, 0.2) is 54.9 Å². The molecule has 1 heterocycles. The molecule has 0 aliphatic carbocycles. The van der Waals surface area contributed by atoms with E-state index in [-0.39, 0.29) is 6.09 Å². The van der Waals surface area contributed by atoms with Gasteiger partial charge in [-0.3, -0.25) is 0 Å². The molecular weight excluding hydrogens is 252 g/mol. The monoisotopic (exact) mass is 271 g/mol. The normalized spacial score (nSPS) is 10.1. The smallest absolute Gasteiger partial charge is 0.407 e. The third-order valence-corrected chi connectivity index (χ3v) is 2.88. The van der Waals surface area contributed by atoms with Crippen LogP contribution in [0.3, 0.4) is 0 Å². The van der Waals surface area contributed by atoms with E-state index in [4.69, 9.17) is 4.74 Å². The molecule has 0 atom stereocenters. The summed E-state index contributed by atoms with van der Waals surface area (Å²) in [5, 5.41) is 2.70. The van der Waals surface area contributed by atoms with Crippen LogP contribution in [0.5, 0.6) is 0 Å². The van der Waals surface area contributed by atoms with Crippen molar-refractivity contribution in [3.63, 3.8) is 0 Å². The van der Waals surface area contributed by atoms with Gasteiger partial charge in [0.1, 0.15) is 0 Å². The van der Waals surface area contributed by atoms with Gasteiger partial charge in [0.05, 0.1) is 6.61 Å². The Bertz CT molecular complexity index is 538. The number of amides is 1. The van der Waals surface area contributed by atoms with Crippen LogP contribution < -0.4 is 9.88 Å². The molecule has 0 bridgehead atoms. The van der Waals surface area contributed by atoms with Crippen molar-refractivity contribution in [2.75, 3.05) is 6.61 Å². The van der Waals surface area contributed by atoms with E-state index in [2.05, 4.69) is 22.0 Å². The van der Waals surface area contributed by atoms with Crippen molar-refractivity contribution in [1.82, 2.24) is 5.32 Å². The topological polar surface area (TPSA) is 42.2 Å². The van der Waals surface area contributed by atoms with Crippen LogP contribution in [0, 0.1) is 0 Å². The van der Waals surface area contributed by atoms with E-state index in [9.17, 15) is 4.79 Å². The molecule has 1 amide bonds. The van der Waals surface area contributed by atoms with Gasteiger partial charge in [-0.2, -0.15) is 0 Å². The first kappa shape index (κ1) is 14.1. The fourth-order valence-corrected chi connectivity index (χ4v) is 1.86. The Morgan fingerprint density at radius 1 is 1.10 bits per heavy atom. The van der Waals surface area contributed by atoms with Crippen molar-refractivity contribution < 1.29 is 14.1 Å². The number of benzene rings is 1. The molecule has 1 aromatic carbocycles. The number of nitrogens with zero attached hydrogens (tertiary/aromatic N) is 1. The van der Waals surface area contributed by atoms with Crippen LogP contribution in [0.4, 0.5) is 4.79 Å². The first-order valence-corrected chi connectivity index (χ1v) is 6.70. The number of nitrogens with one attached hydrogen (secondary N) is 1. The lowest BCUT2D eigenvalue weighted by atomic mass is 10.2. The van der Waals surface area contributed by atoms with Crippen molar-refractivity contribution in [1.29, 1.82) is 0 Å². The maximum atomic E-state index is 11.2. The van der Waals surface area contributed by atoms with Crippen molar-refractivity contribution in [2.24, 2.45) is 0 Å². The Hall–Kier alpha value is -2.36. The number of aromatic nitrogens is 1. The second-order valence-electron chi connectivity index (χ2n) is 4.44. The van der Waals surface area contributed by atoms with Crippen LogP contribution in [0.1, 0.15) is 18.1 Å². The number of carbonyl (C=O) groups excluding carboxylic acids is 1. The highest BCUT2D eigenvalue weighted by atomic mass is 16.5. The molecule has 0 saturated carbocycles. The number of rotatable bonds is 5. The van der Waals surface area contributed by atoms with E-state index in [1.165, 1.54) is 5.56 Å². The number of alkyl carbamates (subject to hydrolysis) is 1. The van der Waals surface area contributed by atoms with Crippen LogP contribution in [-0.2, 0) is 17.8 Å².